The van der Waals surface area contributed by atoms with Crippen molar-refractivity contribution in [3.8, 4) is 5.75 Å². The Balaban J connectivity index is 1.46. The number of hydrogen-bond donors (Lipinski definition) is 6. The fraction of sp³-hybridized carbons (Fsp3) is 0.351. The molecule has 1 aliphatic rings. The largest absolute Gasteiger partial charge is 0.508 e. The van der Waals surface area contributed by atoms with Gasteiger partial charge in [-0.2, -0.15) is 0 Å². The van der Waals surface area contributed by atoms with Gasteiger partial charge in [-0.15, -0.1) is 0 Å². The molecule has 5 rings (SSSR count). The van der Waals surface area contributed by atoms with Crippen LogP contribution in [0.5, 0.6) is 5.75 Å². The number of ether oxygens (including phenoxy) is 1. The molecule has 0 spiro atoms. The summed E-state index contributed by atoms with van der Waals surface area (Å²) in [6.07, 6.45) is 1.26. The van der Waals surface area contributed by atoms with Crippen LogP contribution in [-0.4, -0.2) is 50.6 Å². The van der Waals surface area contributed by atoms with Crippen molar-refractivity contribution in [2.24, 2.45) is 11.7 Å². The monoisotopic (exact) mass is 737 g/mol. The van der Waals surface area contributed by atoms with Crippen LogP contribution in [0.15, 0.2) is 66.7 Å². The molecule has 7 N–H and O–H groups in total. The highest BCUT2D eigenvalue weighted by atomic mass is 35.5. The number of fused-ring (bicyclic) bond motifs is 3. The minimum Gasteiger partial charge on any atom is -0.508 e. The van der Waals surface area contributed by atoms with Gasteiger partial charge in [0.15, 0.2) is 0 Å². The van der Waals surface area contributed by atoms with Crippen molar-refractivity contribution >= 4 is 69.2 Å². The summed E-state index contributed by atoms with van der Waals surface area (Å²) in [6, 6.07) is 17.5. The van der Waals surface area contributed by atoms with Crippen molar-refractivity contribution in [2.45, 2.75) is 76.6 Å². The first-order chi connectivity index (χ1) is 23.9. The number of alkyl carbamates (subject to hydrolysis) is 1. The lowest BCUT2D eigenvalue weighted by Crippen LogP contribution is -2.66. The fourth-order valence-electron chi connectivity index (χ4n) is 6.31. The normalized spacial score (nSPS) is 17.2. The molecule has 0 saturated carbocycles. The van der Waals surface area contributed by atoms with Crippen molar-refractivity contribution in [3.63, 3.8) is 0 Å². The van der Waals surface area contributed by atoms with Gasteiger partial charge in [-0.1, -0.05) is 98.2 Å². The maximum atomic E-state index is 14.5. The average Bonchev–Trinajstić information content (AvgIpc) is 3.46. The quantitative estimate of drug-likeness (QED) is 0.0883. The van der Waals surface area contributed by atoms with Crippen molar-refractivity contribution in [3.05, 3.63) is 99.2 Å². The Hall–Kier alpha value is -4.32. The Kier molecular flexibility index (Phi) is 11.9. The Morgan fingerprint density at radius 1 is 1.06 bits per heavy atom. The SMILES string of the molecule is CCC(C)C(NC(=O)C1(NC(=O)C(CCc2ccc(O)cc2)NC(=O)OCc2ccccc2)CCc2[nH]c3c(Cl)cc(Cl)cc3c2C1)C(N)=S. The van der Waals surface area contributed by atoms with Crippen LogP contribution < -0.4 is 21.7 Å². The number of phenolic OH excluding ortho intramolecular Hbond substituents is 1. The number of thiocarbonyl (C=S) groups is 1. The molecule has 0 saturated heterocycles. The molecule has 264 valence electrons. The molecule has 4 unspecified atom stereocenters. The first-order valence-electron chi connectivity index (χ1n) is 16.5. The standard InChI is InChI=1S/C37H41Cl2N5O5S/c1-3-21(2)31(33(40)50)43-35(47)37(16-15-29-27(19-37)26-17-24(38)18-28(39)32(26)41-29)44-34(46)30(14-11-22-9-12-25(45)13-10-22)42-36(48)49-20-23-7-5-4-6-8-23/h4-10,12-13,17-18,21,30-31,41,45H,3,11,14-16,19-20H2,1-2H3,(H2,40,50)(H,42,48)(H,43,47)(H,44,46). The zero-order valence-electron chi connectivity index (χ0n) is 27.9. The molecule has 50 heavy (non-hydrogen) atoms. The highest BCUT2D eigenvalue weighted by molar-refractivity contribution is 7.80. The lowest BCUT2D eigenvalue weighted by Gasteiger charge is -2.39. The lowest BCUT2D eigenvalue weighted by molar-refractivity contribution is -0.135. The van der Waals surface area contributed by atoms with Gasteiger partial charge in [0.1, 0.15) is 23.9 Å². The third-order valence-electron chi connectivity index (χ3n) is 9.38. The van der Waals surface area contributed by atoms with Crippen LogP contribution in [0.1, 0.15) is 55.5 Å². The van der Waals surface area contributed by atoms with E-state index in [1.54, 1.807) is 36.4 Å². The summed E-state index contributed by atoms with van der Waals surface area (Å²) in [4.78, 5) is 45.4. The van der Waals surface area contributed by atoms with E-state index in [0.29, 0.717) is 34.8 Å². The van der Waals surface area contributed by atoms with E-state index in [-0.39, 0.29) is 42.5 Å². The molecule has 3 aromatic carbocycles. The number of carbonyl (C=O) groups is 3. The van der Waals surface area contributed by atoms with Gasteiger partial charge < -0.3 is 36.5 Å². The predicted octanol–water partition coefficient (Wildman–Crippen LogP) is 6.27. The molecular formula is C37H41Cl2N5O5S. The summed E-state index contributed by atoms with van der Waals surface area (Å²) in [5.74, 6) is -0.956. The van der Waals surface area contributed by atoms with Crippen LogP contribution >= 0.6 is 35.4 Å². The Morgan fingerprint density at radius 2 is 1.78 bits per heavy atom. The number of aromatic amines is 1. The van der Waals surface area contributed by atoms with Crippen LogP contribution in [0, 0.1) is 5.92 Å². The Morgan fingerprint density at radius 3 is 2.46 bits per heavy atom. The second-order valence-corrected chi connectivity index (χ2v) is 14.2. The third-order valence-corrected chi connectivity index (χ3v) is 10.2. The first-order valence-corrected chi connectivity index (χ1v) is 17.7. The number of aryl methyl sites for hydroxylation is 2. The molecule has 1 aliphatic carbocycles. The van der Waals surface area contributed by atoms with E-state index < -0.39 is 35.5 Å². The number of hydrogen-bond acceptors (Lipinski definition) is 6. The summed E-state index contributed by atoms with van der Waals surface area (Å²) in [5.41, 5.74) is 8.67. The van der Waals surface area contributed by atoms with E-state index in [1.165, 1.54) is 0 Å². The van der Waals surface area contributed by atoms with E-state index in [4.69, 9.17) is 45.9 Å². The second kappa shape index (κ2) is 16.1. The van der Waals surface area contributed by atoms with Gasteiger partial charge in [0.05, 0.1) is 21.6 Å². The van der Waals surface area contributed by atoms with E-state index in [2.05, 4.69) is 20.9 Å². The van der Waals surface area contributed by atoms with Gasteiger partial charge in [0.25, 0.3) is 0 Å². The molecule has 10 nitrogen and oxygen atoms in total. The van der Waals surface area contributed by atoms with E-state index in [9.17, 15) is 19.5 Å². The van der Waals surface area contributed by atoms with Gasteiger partial charge in [-0.05, 0) is 72.6 Å². The molecule has 3 amide bonds. The summed E-state index contributed by atoms with van der Waals surface area (Å²) < 4.78 is 5.46. The molecule has 4 aromatic rings. The number of H-pyrrole nitrogens is 1. The number of phenols is 1. The number of aromatic hydroxyl groups is 1. The Labute approximate surface area is 306 Å². The molecule has 0 radical (unpaired) electrons. The van der Waals surface area contributed by atoms with E-state index in [1.807, 2.05) is 44.2 Å². The zero-order chi connectivity index (χ0) is 36.0. The summed E-state index contributed by atoms with van der Waals surface area (Å²) in [7, 11) is 0. The molecule has 4 atom stereocenters. The number of halogens is 2. The van der Waals surface area contributed by atoms with Crippen LogP contribution in [0.4, 0.5) is 4.79 Å². The Bertz CT molecular complexity index is 1870. The number of nitrogens with two attached hydrogens (primary N) is 1. The number of nitrogens with one attached hydrogen (secondary N) is 4. The van der Waals surface area contributed by atoms with Gasteiger partial charge >= 0.3 is 6.09 Å². The summed E-state index contributed by atoms with van der Waals surface area (Å²) in [5, 5.41) is 20.2. The van der Waals surface area contributed by atoms with Gasteiger partial charge in [0, 0.05) is 22.5 Å². The van der Waals surface area contributed by atoms with Crippen LogP contribution in [-0.2, 0) is 40.2 Å². The molecule has 13 heteroatoms. The van der Waals surface area contributed by atoms with Crippen LogP contribution in [0.25, 0.3) is 10.9 Å². The molecule has 1 aromatic heterocycles. The molecule has 0 bridgehead atoms. The predicted molar refractivity (Wildman–Crippen MR) is 199 cm³/mol. The van der Waals surface area contributed by atoms with Crippen molar-refractivity contribution < 1.29 is 24.2 Å². The van der Waals surface area contributed by atoms with Crippen LogP contribution in [0.3, 0.4) is 0 Å². The maximum absolute atomic E-state index is 14.5. The minimum absolute atomic E-state index is 0.00970. The number of rotatable bonds is 13. The van der Waals surface area contributed by atoms with Crippen molar-refractivity contribution in [2.75, 3.05) is 0 Å². The van der Waals surface area contributed by atoms with Gasteiger partial charge in [0.2, 0.25) is 11.8 Å². The fourth-order valence-corrected chi connectivity index (χ4v) is 7.14. The van der Waals surface area contributed by atoms with Crippen LogP contribution in [0.2, 0.25) is 10.0 Å². The molecule has 1 heterocycles. The molecular weight excluding hydrogens is 697 g/mol. The van der Waals surface area contributed by atoms with Crippen molar-refractivity contribution in [1.82, 2.24) is 20.9 Å². The summed E-state index contributed by atoms with van der Waals surface area (Å²) >= 11 is 18.3. The van der Waals surface area contributed by atoms with Gasteiger partial charge in [-0.25, -0.2) is 4.79 Å². The topological polar surface area (TPSA) is 159 Å². The number of aromatic nitrogens is 1. The van der Waals surface area contributed by atoms with E-state index in [0.717, 1.165) is 27.8 Å². The number of benzene rings is 3. The lowest BCUT2D eigenvalue weighted by atomic mass is 9.78. The first kappa shape index (κ1) is 36.9. The summed E-state index contributed by atoms with van der Waals surface area (Å²) in [6.45, 7) is 3.94. The average molecular weight is 739 g/mol. The smallest absolute Gasteiger partial charge is 0.408 e. The number of carbonyl (C=O) groups excluding carboxylic acids is 3. The third kappa shape index (κ3) is 8.69. The second-order valence-electron chi connectivity index (χ2n) is 12.8. The van der Waals surface area contributed by atoms with Gasteiger partial charge in [-0.3, -0.25) is 9.59 Å². The maximum Gasteiger partial charge on any atom is 0.408 e. The van der Waals surface area contributed by atoms with Crippen molar-refractivity contribution in [1.29, 1.82) is 0 Å². The number of amides is 3. The zero-order valence-corrected chi connectivity index (χ0v) is 30.2. The highest BCUT2D eigenvalue weighted by Gasteiger charge is 2.46. The molecule has 0 aliphatic heterocycles. The minimum atomic E-state index is -1.45. The molecule has 0 fully saturated rings. The van der Waals surface area contributed by atoms with E-state index >= 15 is 0 Å². The highest BCUT2D eigenvalue weighted by Crippen LogP contribution is 2.38.